The molecule has 4 aliphatic rings. The van der Waals surface area contributed by atoms with Crippen LogP contribution < -0.4 is 0 Å². The number of esters is 1. The third-order valence-corrected chi connectivity index (χ3v) is 8.51. The summed E-state index contributed by atoms with van der Waals surface area (Å²) in [7, 11) is 0. The predicted octanol–water partition coefficient (Wildman–Crippen LogP) is 1.38. The van der Waals surface area contributed by atoms with Gasteiger partial charge >= 0.3 is 5.97 Å². The smallest absolute Gasteiger partial charge is 0.311 e. The van der Waals surface area contributed by atoms with Crippen LogP contribution in [0, 0.1) is 11.8 Å². The van der Waals surface area contributed by atoms with Crippen LogP contribution in [0.1, 0.15) is 12.0 Å². The number of thioether (sulfide) groups is 1. The van der Waals surface area contributed by atoms with Gasteiger partial charge in [0.1, 0.15) is 6.04 Å². The molecule has 0 bridgehead atoms. The average molecular weight is 455 g/mol. The van der Waals surface area contributed by atoms with Crippen molar-refractivity contribution in [1.82, 2.24) is 9.80 Å². The van der Waals surface area contributed by atoms with E-state index < -0.39 is 22.6 Å². The Morgan fingerprint density at radius 3 is 2.72 bits per heavy atom. The highest BCUT2D eigenvalue weighted by molar-refractivity contribution is 8.02. The Balaban J connectivity index is 1.56. The summed E-state index contributed by atoms with van der Waals surface area (Å²) in [5.41, 5.74) is 1.01. The summed E-state index contributed by atoms with van der Waals surface area (Å²) < 4.78 is 4.58. The van der Waals surface area contributed by atoms with Gasteiger partial charge in [-0.2, -0.15) is 0 Å². The van der Waals surface area contributed by atoms with E-state index in [1.807, 2.05) is 54.6 Å². The van der Waals surface area contributed by atoms with Crippen molar-refractivity contribution in [2.75, 3.05) is 26.3 Å². The molecule has 0 saturated carbocycles. The second-order valence-electron chi connectivity index (χ2n) is 8.59. The maximum atomic E-state index is 13.9. The molecule has 32 heavy (non-hydrogen) atoms. The molecule has 2 amide bonds. The molecule has 2 saturated heterocycles. The van der Waals surface area contributed by atoms with Crippen molar-refractivity contribution in [3.63, 3.8) is 0 Å². The van der Waals surface area contributed by atoms with Crippen LogP contribution in [0.2, 0.25) is 0 Å². The first-order valence-electron chi connectivity index (χ1n) is 11.0. The molecular weight excluding hydrogens is 428 g/mol. The number of fused-ring (bicyclic) bond motifs is 2. The summed E-state index contributed by atoms with van der Waals surface area (Å²) in [4.78, 5) is 43.7. The first-order valence-corrected chi connectivity index (χ1v) is 11.9. The number of β-amino-alcohol motifs (C(OH)–C–C–N with tert-alkyl or cyclic N) is 1. The number of rotatable bonds is 4. The summed E-state index contributed by atoms with van der Waals surface area (Å²) >= 11 is 1.52. The van der Waals surface area contributed by atoms with E-state index in [0.29, 0.717) is 26.1 Å². The van der Waals surface area contributed by atoms with E-state index in [2.05, 4.69) is 0 Å². The monoisotopic (exact) mass is 454 g/mol. The van der Waals surface area contributed by atoms with Crippen molar-refractivity contribution in [3.8, 4) is 0 Å². The lowest BCUT2D eigenvalue weighted by Gasteiger charge is -2.35. The zero-order chi connectivity index (χ0) is 22.3. The molecule has 4 aliphatic heterocycles. The lowest BCUT2D eigenvalue weighted by Crippen LogP contribution is -2.53. The van der Waals surface area contributed by atoms with Crippen molar-refractivity contribution in [3.05, 3.63) is 60.2 Å². The summed E-state index contributed by atoms with van der Waals surface area (Å²) in [6, 6.07) is 8.97. The molecule has 2 fully saturated rings. The zero-order valence-electron chi connectivity index (χ0n) is 17.6. The van der Waals surface area contributed by atoms with Crippen molar-refractivity contribution in [2.45, 2.75) is 29.0 Å². The van der Waals surface area contributed by atoms with E-state index in [1.165, 1.54) is 16.7 Å². The fraction of sp³-hybridized carbons (Fsp3) is 0.458. The Morgan fingerprint density at radius 2 is 1.94 bits per heavy atom. The summed E-state index contributed by atoms with van der Waals surface area (Å²) in [5, 5.41) is 9.45. The molecule has 4 heterocycles. The van der Waals surface area contributed by atoms with Crippen molar-refractivity contribution in [1.29, 1.82) is 0 Å². The van der Waals surface area contributed by atoms with E-state index >= 15 is 0 Å². The highest BCUT2D eigenvalue weighted by Crippen LogP contribution is 2.60. The molecule has 0 aromatic heterocycles. The fourth-order valence-electron chi connectivity index (χ4n) is 5.45. The molecule has 0 radical (unpaired) electrons. The van der Waals surface area contributed by atoms with Gasteiger partial charge in [0.2, 0.25) is 11.8 Å². The minimum atomic E-state index is -0.863. The van der Waals surface area contributed by atoms with Crippen molar-refractivity contribution in [2.24, 2.45) is 11.8 Å². The van der Waals surface area contributed by atoms with Crippen LogP contribution >= 0.6 is 11.8 Å². The van der Waals surface area contributed by atoms with E-state index in [-0.39, 0.29) is 36.2 Å². The topological polar surface area (TPSA) is 87.2 Å². The lowest BCUT2D eigenvalue weighted by atomic mass is 9.78. The van der Waals surface area contributed by atoms with Gasteiger partial charge in [0.25, 0.3) is 0 Å². The highest BCUT2D eigenvalue weighted by atomic mass is 32.2. The number of nitrogens with zero attached hydrogens (tertiary/aromatic N) is 2. The van der Waals surface area contributed by atoms with Gasteiger partial charge in [-0.1, -0.05) is 54.6 Å². The normalized spacial score (nSPS) is 33.8. The van der Waals surface area contributed by atoms with Crippen LogP contribution in [0.25, 0.3) is 0 Å². The van der Waals surface area contributed by atoms with Crippen molar-refractivity contribution < 1.29 is 24.2 Å². The predicted molar refractivity (Wildman–Crippen MR) is 119 cm³/mol. The largest absolute Gasteiger partial charge is 0.465 e. The standard InChI is InChI=1S/C24H26N2O5S/c27-13-12-26-20-22(29)25(15-16-7-2-1-3-8-16)11-6-10-24(20)19(21(26)28)18-17(32-24)9-4-5-14-31-23(18)30/h1-4,6-10,17-20,27H,5,11-15H2/t17-,18+,19-,20?,24-/m0/s1. The highest BCUT2D eigenvalue weighted by Gasteiger charge is 2.70. The second-order valence-corrected chi connectivity index (χ2v) is 10.1. The Labute approximate surface area is 191 Å². The number of amides is 2. The zero-order valence-corrected chi connectivity index (χ0v) is 18.4. The SMILES string of the molecule is O=C1OCCC=C[C@@H]2S[C@]34C=CCN(Cc5ccccc5)C(=O)C3N(CCO)C(=O)[C@@H]4[C@H]12. The average Bonchev–Trinajstić information content (AvgIpc) is 3.16. The van der Waals surface area contributed by atoms with E-state index in [0.717, 1.165) is 5.56 Å². The maximum absolute atomic E-state index is 13.9. The molecular formula is C24H26N2O5S. The molecule has 8 heteroatoms. The molecule has 1 aromatic rings. The van der Waals surface area contributed by atoms with Gasteiger partial charge in [0.05, 0.1) is 29.8 Å². The van der Waals surface area contributed by atoms with Gasteiger partial charge in [-0.05, 0) is 12.0 Å². The molecule has 1 unspecified atom stereocenters. The number of ether oxygens (including phenoxy) is 1. The summed E-state index contributed by atoms with van der Waals surface area (Å²) in [5.74, 6) is -2.12. The number of aliphatic hydroxyl groups is 1. The number of carbonyl (C=O) groups excluding carboxylic acids is 3. The molecule has 1 spiro atoms. The van der Waals surface area contributed by atoms with Crippen LogP contribution in [-0.4, -0.2) is 75.0 Å². The first-order chi connectivity index (χ1) is 15.6. The minimum Gasteiger partial charge on any atom is -0.465 e. The number of benzene rings is 1. The lowest BCUT2D eigenvalue weighted by molar-refractivity contribution is -0.153. The van der Waals surface area contributed by atoms with E-state index in [4.69, 9.17) is 4.74 Å². The quantitative estimate of drug-likeness (QED) is 0.546. The number of carbonyl (C=O) groups is 3. The van der Waals surface area contributed by atoms with Crippen LogP contribution in [-0.2, 0) is 25.7 Å². The van der Waals surface area contributed by atoms with Crippen LogP contribution in [0.5, 0.6) is 0 Å². The van der Waals surface area contributed by atoms with Crippen LogP contribution in [0.3, 0.4) is 0 Å². The first kappa shape index (κ1) is 21.3. The fourth-order valence-corrected chi connectivity index (χ4v) is 7.45. The molecule has 1 aromatic carbocycles. The van der Waals surface area contributed by atoms with Crippen molar-refractivity contribution >= 4 is 29.5 Å². The van der Waals surface area contributed by atoms with Gasteiger partial charge < -0.3 is 19.6 Å². The molecule has 5 atom stereocenters. The van der Waals surface area contributed by atoms with Crippen LogP contribution in [0.15, 0.2) is 54.6 Å². The van der Waals surface area contributed by atoms with Gasteiger partial charge in [0.15, 0.2) is 0 Å². The van der Waals surface area contributed by atoms with Gasteiger partial charge in [-0.15, -0.1) is 11.8 Å². The molecule has 1 N–H and O–H groups in total. The number of hydrogen-bond acceptors (Lipinski definition) is 6. The Bertz CT molecular complexity index is 980. The Kier molecular flexibility index (Phi) is 5.59. The summed E-state index contributed by atoms with van der Waals surface area (Å²) in [6.45, 7) is 0.964. The maximum Gasteiger partial charge on any atom is 0.311 e. The molecule has 7 nitrogen and oxygen atoms in total. The van der Waals surface area contributed by atoms with Gasteiger partial charge in [0, 0.05) is 24.9 Å². The van der Waals surface area contributed by atoms with Gasteiger partial charge in [-0.25, -0.2) is 0 Å². The Hall–Kier alpha value is -2.58. The third kappa shape index (κ3) is 3.28. The summed E-state index contributed by atoms with van der Waals surface area (Å²) in [6.07, 6.45) is 8.54. The second kappa shape index (κ2) is 8.41. The molecule has 5 rings (SSSR count). The van der Waals surface area contributed by atoms with Gasteiger partial charge in [-0.3, -0.25) is 14.4 Å². The third-order valence-electron chi connectivity index (χ3n) is 6.76. The van der Waals surface area contributed by atoms with E-state index in [9.17, 15) is 19.5 Å². The number of aliphatic hydroxyl groups excluding tert-OH is 1. The minimum absolute atomic E-state index is 0.0589. The molecule has 0 aliphatic carbocycles. The number of hydrogen-bond donors (Lipinski definition) is 1. The van der Waals surface area contributed by atoms with E-state index in [1.54, 1.807) is 4.90 Å². The number of cyclic esters (lactones) is 1. The molecule has 168 valence electrons. The number of likely N-dealkylation sites (tertiary alicyclic amines) is 1. The van der Waals surface area contributed by atoms with Crippen LogP contribution in [0.4, 0.5) is 0 Å². The Morgan fingerprint density at radius 1 is 1.12 bits per heavy atom.